The molecule has 0 bridgehead atoms. The Hall–Kier alpha value is -2.54. The number of rotatable bonds is 2. The number of fused-ring (bicyclic) bond motifs is 3. The summed E-state index contributed by atoms with van der Waals surface area (Å²) in [6.07, 6.45) is 0. The first-order valence-corrected chi connectivity index (χ1v) is 9.75. The highest BCUT2D eigenvalue weighted by Gasteiger charge is 2.10. The molecule has 4 rings (SSSR count). The van der Waals surface area contributed by atoms with Crippen molar-refractivity contribution in [1.82, 2.24) is 4.57 Å². The minimum absolute atomic E-state index is 0.913. The van der Waals surface area contributed by atoms with E-state index in [1.54, 1.807) is 0 Å². The molecule has 0 spiro atoms. The largest absolute Gasteiger partial charge is 0.336 e. The molecular formula is C25H31N. The molecule has 1 aromatic heterocycles. The van der Waals surface area contributed by atoms with Gasteiger partial charge in [-0.3, -0.25) is 0 Å². The standard InChI is InChI=1S/C21H19N.2C2H6/c1-15-11-16(2)13-17(12-15)14-22-20-9-5-3-7-18(20)19-8-4-6-10-21(19)22;2*1-2/h3-13H,14H2,1-2H3;2*1-2H3. The number of hydrogen-bond acceptors (Lipinski definition) is 0. The predicted molar refractivity (Wildman–Crippen MR) is 117 cm³/mol. The lowest BCUT2D eigenvalue weighted by molar-refractivity contribution is 0.866. The number of hydrogen-bond donors (Lipinski definition) is 0. The molecule has 3 aromatic carbocycles. The molecule has 1 heterocycles. The van der Waals surface area contributed by atoms with Crippen LogP contribution in [0.15, 0.2) is 66.7 Å². The molecule has 1 heteroatoms. The van der Waals surface area contributed by atoms with Gasteiger partial charge in [0.25, 0.3) is 0 Å². The van der Waals surface area contributed by atoms with Crippen molar-refractivity contribution in [2.45, 2.75) is 48.1 Å². The fraction of sp³-hybridized carbons (Fsp3) is 0.280. The number of aromatic nitrogens is 1. The van der Waals surface area contributed by atoms with Crippen molar-refractivity contribution in [3.05, 3.63) is 83.4 Å². The first kappa shape index (κ1) is 19.8. The summed E-state index contributed by atoms with van der Waals surface area (Å²) in [5, 5.41) is 2.67. The lowest BCUT2D eigenvalue weighted by Crippen LogP contribution is -2.00. The zero-order valence-electron chi connectivity index (χ0n) is 17.0. The molecule has 0 N–H and O–H groups in total. The smallest absolute Gasteiger partial charge is 0.0494 e. The van der Waals surface area contributed by atoms with E-state index in [0.717, 1.165) is 6.54 Å². The highest BCUT2D eigenvalue weighted by atomic mass is 15.0. The zero-order chi connectivity index (χ0) is 19.1. The molecule has 0 atom stereocenters. The van der Waals surface area contributed by atoms with Crippen molar-refractivity contribution in [1.29, 1.82) is 0 Å². The number of para-hydroxylation sites is 2. The van der Waals surface area contributed by atoms with Crippen LogP contribution in [-0.2, 0) is 6.54 Å². The molecule has 0 aliphatic carbocycles. The molecule has 136 valence electrons. The van der Waals surface area contributed by atoms with Crippen molar-refractivity contribution in [2.24, 2.45) is 0 Å². The quantitative estimate of drug-likeness (QED) is 0.354. The number of aryl methyl sites for hydroxylation is 2. The van der Waals surface area contributed by atoms with Crippen LogP contribution in [-0.4, -0.2) is 4.57 Å². The van der Waals surface area contributed by atoms with Gasteiger partial charge in [-0.15, -0.1) is 0 Å². The van der Waals surface area contributed by atoms with Crippen LogP contribution in [0, 0.1) is 13.8 Å². The van der Waals surface area contributed by atoms with Gasteiger partial charge in [0.05, 0.1) is 0 Å². The SMILES string of the molecule is CC.CC.Cc1cc(C)cc(Cn2c3ccccc3c3ccccc32)c1. The van der Waals surface area contributed by atoms with Crippen LogP contribution >= 0.6 is 0 Å². The summed E-state index contributed by atoms with van der Waals surface area (Å²) in [6, 6.07) is 24.2. The van der Waals surface area contributed by atoms with Crippen molar-refractivity contribution >= 4 is 21.8 Å². The third-order valence-corrected chi connectivity index (χ3v) is 4.30. The van der Waals surface area contributed by atoms with Crippen LogP contribution in [0.1, 0.15) is 44.4 Å². The summed E-state index contributed by atoms with van der Waals surface area (Å²) in [5.74, 6) is 0. The van der Waals surface area contributed by atoms with Gasteiger partial charge in [-0.2, -0.15) is 0 Å². The van der Waals surface area contributed by atoms with Gasteiger partial charge >= 0.3 is 0 Å². The van der Waals surface area contributed by atoms with Crippen LogP contribution < -0.4 is 0 Å². The van der Waals surface area contributed by atoms with Crippen molar-refractivity contribution in [2.75, 3.05) is 0 Å². The Morgan fingerprint density at radius 3 is 1.50 bits per heavy atom. The Labute approximate surface area is 158 Å². The average molecular weight is 346 g/mol. The van der Waals surface area contributed by atoms with Crippen molar-refractivity contribution < 1.29 is 0 Å². The lowest BCUT2D eigenvalue weighted by Gasteiger charge is -2.09. The van der Waals surface area contributed by atoms with E-state index >= 15 is 0 Å². The van der Waals surface area contributed by atoms with Crippen LogP contribution in [0.3, 0.4) is 0 Å². The van der Waals surface area contributed by atoms with Crippen molar-refractivity contribution in [3.8, 4) is 0 Å². The molecular weight excluding hydrogens is 314 g/mol. The lowest BCUT2D eigenvalue weighted by atomic mass is 10.1. The van der Waals surface area contributed by atoms with E-state index in [9.17, 15) is 0 Å². The van der Waals surface area contributed by atoms with Gasteiger partial charge in [-0.05, 0) is 31.5 Å². The van der Waals surface area contributed by atoms with Gasteiger partial charge in [0, 0.05) is 28.4 Å². The molecule has 0 aliphatic heterocycles. The summed E-state index contributed by atoms with van der Waals surface area (Å²) in [5.41, 5.74) is 6.64. The molecule has 4 aromatic rings. The molecule has 0 saturated carbocycles. The maximum atomic E-state index is 2.43. The van der Waals surface area contributed by atoms with E-state index in [1.807, 2.05) is 27.7 Å². The minimum atomic E-state index is 0.913. The summed E-state index contributed by atoms with van der Waals surface area (Å²) in [7, 11) is 0. The molecule has 1 nitrogen and oxygen atoms in total. The summed E-state index contributed by atoms with van der Waals surface area (Å²) < 4.78 is 2.43. The second-order valence-electron chi connectivity index (χ2n) is 6.12. The number of benzene rings is 3. The predicted octanol–water partition coefficient (Wildman–Crippen LogP) is 7.51. The Balaban J connectivity index is 0.000000570. The van der Waals surface area contributed by atoms with E-state index in [1.165, 1.54) is 38.5 Å². The second kappa shape index (κ2) is 9.24. The normalized spacial score (nSPS) is 10.1. The van der Waals surface area contributed by atoms with Crippen LogP contribution in [0.4, 0.5) is 0 Å². The minimum Gasteiger partial charge on any atom is -0.336 e. The van der Waals surface area contributed by atoms with Gasteiger partial charge < -0.3 is 4.57 Å². The van der Waals surface area contributed by atoms with E-state index in [-0.39, 0.29) is 0 Å². The van der Waals surface area contributed by atoms with E-state index in [2.05, 4.69) is 85.1 Å². The molecule has 0 saturated heterocycles. The summed E-state index contributed by atoms with van der Waals surface area (Å²) >= 11 is 0. The molecule has 0 radical (unpaired) electrons. The molecule has 0 amide bonds. The zero-order valence-corrected chi connectivity index (χ0v) is 17.0. The molecule has 26 heavy (non-hydrogen) atoms. The van der Waals surface area contributed by atoms with Crippen molar-refractivity contribution in [3.63, 3.8) is 0 Å². The third-order valence-electron chi connectivity index (χ3n) is 4.30. The monoisotopic (exact) mass is 345 g/mol. The fourth-order valence-electron chi connectivity index (χ4n) is 3.52. The van der Waals surface area contributed by atoms with E-state index < -0.39 is 0 Å². The second-order valence-corrected chi connectivity index (χ2v) is 6.12. The molecule has 0 fully saturated rings. The third kappa shape index (κ3) is 3.99. The van der Waals surface area contributed by atoms with E-state index in [0.29, 0.717) is 0 Å². The maximum Gasteiger partial charge on any atom is 0.0494 e. The van der Waals surface area contributed by atoms with Gasteiger partial charge in [-0.25, -0.2) is 0 Å². The first-order chi connectivity index (χ1) is 12.7. The Morgan fingerprint density at radius 2 is 1.04 bits per heavy atom. The summed E-state index contributed by atoms with van der Waals surface area (Å²) in [6.45, 7) is 13.3. The maximum absolute atomic E-state index is 2.43. The van der Waals surface area contributed by atoms with Crippen LogP contribution in [0.2, 0.25) is 0 Å². The first-order valence-electron chi connectivity index (χ1n) is 9.75. The van der Waals surface area contributed by atoms with E-state index in [4.69, 9.17) is 0 Å². The average Bonchev–Trinajstić information content (AvgIpc) is 2.99. The van der Waals surface area contributed by atoms with Gasteiger partial charge in [0.15, 0.2) is 0 Å². The molecule has 0 unspecified atom stereocenters. The number of nitrogens with zero attached hydrogens (tertiary/aromatic N) is 1. The molecule has 0 aliphatic rings. The summed E-state index contributed by atoms with van der Waals surface area (Å²) in [4.78, 5) is 0. The van der Waals surface area contributed by atoms with Gasteiger partial charge in [0.1, 0.15) is 0 Å². The van der Waals surface area contributed by atoms with Gasteiger partial charge in [-0.1, -0.05) is 93.4 Å². The topological polar surface area (TPSA) is 4.93 Å². The van der Waals surface area contributed by atoms with Crippen LogP contribution in [0.25, 0.3) is 21.8 Å². The Bertz CT molecular complexity index is 902. The highest BCUT2D eigenvalue weighted by molar-refractivity contribution is 6.08. The Kier molecular flexibility index (Phi) is 7.03. The highest BCUT2D eigenvalue weighted by Crippen LogP contribution is 2.29. The van der Waals surface area contributed by atoms with Crippen LogP contribution in [0.5, 0.6) is 0 Å². The van der Waals surface area contributed by atoms with Gasteiger partial charge in [0.2, 0.25) is 0 Å². The Morgan fingerprint density at radius 1 is 0.615 bits per heavy atom. The fourth-order valence-corrected chi connectivity index (χ4v) is 3.52.